The molecule has 0 aromatic heterocycles. The summed E-state index contributed by atoms with van der Waals surface area (Å²) in [7, 11) is -4.80. The number of phosphoric acid groups is 1. The average Bonchev–Trinajstić information content (AvgIpc) is 3.13. The van der Waals surface area contributed by atoms with Crippen molar-refractivity contribution in [3.8, 4) is 0 Å². The first-order valence-corrected chi connectivity index (χ1v) is 20.8. The average molecular weight is 759 g/mol. The fourth-order valence-electron chi connectivity index (χ4n) is 4.41. The Morgan fingerprint density at radius 2 is 1.04 bits per heavy atom. The maximum absolute atomic E-state index is 12.4. The van der Waals surface area contributed by atoms with Crippen LogP contribution in [0.5, 0.6) is 0 Å². The molecule has 53 heavy (non-hydrogen) atoms. The Kier molecular flexibility index (Phi) is 34.7. The summed E-state index contributed by atoms with van der Waals surface area (Å²) >= 11 is 0. The number of hydrogen-bond donors (Lipinski definition) is 3. The molecule has 0 fully saturated rings. The molecule has 0 aliphatic heterocycles. The van der Waals surface area contributed by atoms with E-state index in [9.17, 15) is 19.3 Å². The van der Waals surface area contributed by atoms with E-state index in [1.165, 1.54) is 19.3 Å². The molecule has 0 rings (SSSR count). The third kappa shape index (κ3) is 39.7. The molecule has 0 amide bonds. The standard InChI is InChI=1S/C43H67O9P/c1-3-5-6-7-8-9-10-11-12-13-14-19-22-25-28-31-34-37-43(46)52-41(39-51-53(47,48)49)38-50-42(45)36-33-30-27-24-21-18-16-15-17-20-23-26-29-32-35-40(44)4-2/h8-9,11-12,14,16-20,24-29,32,35,40-41,44H,3-7,10,13,15,21-23,30-31,33-34,36-39H2,1-2H3,(H2,47,48,49)/b9-8-,12-11-,18-16-,19-14-,20-17-,27-24-,28-25-,29-26-,35-32+/t40-,41+/m0/s1. The lowest BCUT2D eigenvalue weighted by Gasteiger charge is -2.18. The van der Waals surface area contributed by atoms with Gasteiger partial charge in [-0.1, -0.05) is 136 Å². The molecule has 0 aromatic carbocycles. The summed E-state index contributed by atoms with van der Waals surface area (Å²) < 4.78 is 26.2. The van der Waals surface area contributed by atoms with Crippen LogP contribution in [0, 0.1) is 0 Å². The van der Waals surface area contributed by atoms with Crippen molar-refractivity contribution >= 4 is 19.8 Å². The van der Waals surface area contributed by atoms with Gasteiger partial charge in [-0.05, 0) is 83.5 Å². The lowest BCUT2D eigenvalue weighted by Crippen LogP contribution is -2.29. The second-order valence-electron chi connectivity index (χ2n) is 12.4. The molecular formula is C43H67O9P. The van der Waals surface area contributed by atoms with Gasteiger partial charge < -0.3 is 24.4 Å². The fourth-order valence-corrected chi connectivity index (χ4v) is 4.77. The minimum atomic E-state index is -4.80. The predicted molar refractivity (Wildman–Crippen MR) is 217 cm³/mol. The maximum atomic E-state index is 12.4. The first kappa shape index (κ1) is 49.7. The largest absolute Gasteiger partial charge is 0.469 e. The van der Waals surface area contributed by atoms with E-state index in [-0.39, 0.29) is 25.6 Å². The molecule has 0 bridgehead atoms. The number of hydrogen-bond acceptors (Lipinski definition) is 7. The van der Waals surface area contributed by atoms with Crippen LogP contribution in [0.2, 0.25) is 0 Å². The van der Waals surface area contributed by atoms with E-state index in [2.05, 4.69) is 72.2 Å². The Labute approximate surface area is 319 Å². The molecule has 0 aliphatic carbocycles. The fraction of sp³-hybridized carbons (Fsp3) is 0.535. The second kappa shape index (κ2) is 37.0. The molecule has 0 saturated heterocycles. The van der Waals surface area contributed by atoms with Gasteiger partial charge >= 0.3 is 19.8 Å². The van der Waals surface area contributed by atoms with Crippen LogP contribution in [0.15, 0.2) is 109 Å². The Hall–Kier alpha value is -3.33. The summed E-state index contributed by atoms with van der Waals surface area (Å²) in [6.45, 7) is 3.20. The number of phosphoric ester groups is 1. The predicted octanol–water partition coefficient (Wildman–Crippen LogP) is 10.6. The van der Waals surface area contributed by atoms with Crippen molar-refractivity contribution < 1.29 is 43.0 Å². The van der Waals surface area contributed by atoms with Crippen LogP contribution in [-0.2, 0) is 28.2 Å². The highest BCUT2D eigenvalue weighted by molar-refractivity contribution is 7.46. The molecule has 9 nitrogen and oxygen atoms in total. The quantitative estimate of drug-likeness (QED) is 0.0196. The Morgan fingerprint density at radius 1 is 0.585 bits per heavy atom. The van der Waals surface area contributed by atoms with Crippen LogP contribution in [0.25, 0.3) is 0 Å². The zero-order valence-electron chi connectivity index (χ0n) is 32.2. The highest BCUT2D eigenvalue weighted by atomic mass is 31.2. The van der Waals surface area contributed by atoms with Gasteiger partial charge in [0.2, 0.25) is 0 Å². The normalized spacial score (nSPS) is 14.3. The summed E-state index contributed by atoms with van der Waals surface area (Å²) in [6, 6.07) is 0. The highest BCUT2D eigenvalue weighted by Gasteiger charge is 2.22. The molecular weight excluding hydrogens is 691 g/mol. The monoisotopic (exact) mass is 758 g/mol. The van der Waals surface area contributed by atoms with Crippen molar-refractivity contribution in [3.63, 3.8) is 0 Å². The van der Waals surface area contributed by atoms with Gasteiger partial charge in [-0.25, -0.2) is 4.57 Å². The first-order chi connectivity index (χ1) is 25.7. The summed E-state index contributed by atoms with van der Waals surface area (Å²) in [5.74, 6) is -1.05. The van der Waals surface area contributed by atoms with Gasteiger partial charge in [-0.15, -0.1) is 0 Å². The van der Waals surface area contributed by atoms with Crippen LogP contribution in [0.1, 0.15) is 123 Å². The van der Waals surface area contributed by atoms with Crippen molar-refractivity contribution in [3.05, 3.63) is 109 Å². The molecule has 0 saturated carbocycles. The Morgan fingerprint density at radius 3 is 1.51 bits per heavy atom. The number of ether oxygens (including phenoxy) is 2. The van der Waals surface area contributed by atoms with Gasteiger partial charge in [0.15, 0.2) is 6.10 Å². The number of carbonyl (C=O) groups excluding carboxylic acids is 2. The van der Waals surface area contributed by atoms with Gasteiger partial charge in [0.25, 0.3) is 0 Å². The van der Waals surface area contributed by atoms with Crippen LogP contribution in [0.4, 0.5) is 0 Å². The molecule has 298 valence electrons. The van der Waals surface area contributed by atoms with Crippen molar-refractivity contribution in [2.75, 3.05) is 13.2 Å². The molecule has 3 N–H and O–H groups in total. The van der Waals surface area contributed by atoms with Crippen molar-refractivity contribution in [2.45, 2.75) is 135 Å². The van der Waals surface area contributed by atoms with Gasteiger partial charge in [-0.2, -0.15) is 0 Å². The molecule has 0 aromatic rings. The number of unbranched alkanes of at least 4 members (excludes halogenated alkanes) is 5. The van der Waals surface area contributed by atoms with Crippen molar-refractivity contribution in [2.24, 2.45) is 0 Å². The highest BCUT2D eigenvalue weighted by Crippen LogP contribution is 2.35. The van der Waals surface area contributed by atoms with Gasteiger partial charge in [0, 0.05) is 12.8 Å². The summed E-state index contributed by atoms with van der Waals surface area (Å²) in [5, 5.41) is 9.45. The van der Waals surface area contributed by atoms with Crippen LogP contribution in [-0.4, -0.2) is 52.3 Å². The molecule has 0 radical (unpaired) electrons. The number of esters is 2. The molecule has 2 atom stereocenters. The molecule has 10 heteroatoms. The Bertz CT molecular complexity index is 1230. The number of allylic oxidation sites excluding steroid dienone is 17. The molecule has 0 unspecified atom stereocenters. The smallest absolute Gasteiger partial charge is 0.462 e. The van der Waals surface area contributed by atoms with Crippen molar-refractivity contribution in [1.82, 2.24) is 0 Å². The van der Waals surface area contributed by atoms with Crippen LogP contribution < -0.4 is 0 Å². The van der Waals surface area contributed by atoms with E-state index in [0.717, 1.165) is 44.9 Å². The molecule has 0 aliphatic rings. The Balaban J connectivity index is 4.21. The number of aliphatic hydroxyl groups excluding tert-OH is 1. The summed E-state index contributed by atoms with van der Waals surface area (Å²) in [5.41, 5.74) is 0. The lowest BCUT2D eigenvalue weighted by molar-refractivity contribution is -0.161. The van der Waals surface area contributed by atoms with Crippen LogP contribution >= 0.6 is 7.82 Å². The van der Waals surface area contributed by atoms with E-state index in [1.807, 2.05) is 49.5 Å². The minimum Gasteiger partial charge on any atom is -0.462 e. The zero-order valence-corrected chi connectivity index (χ0v) is 33.1. The number of rotatable bonds is 33. The van der Waals surface area contributed by atoms with E-state index < -0.39 is 32.5 Å². The maximum Gasteiger partial charge on any atom is 0.469 e. The molecule has 0 spiro atoms. The second-order valence-corrected chi connectivity index (χ2v) is 13.6. The van der Waals surface area contributed by atoms with E-state index >= 15 is 0 Å². The van der Waals surface area contributed by atoms with Crippen molar-refractivity contribution in [1.29, 1.82) is 0 Å². The van der Waals surface area contributed by atoms with E-state index in [0.29, 0.717) is 32.1 Å². The van der Waals surface area contributed by atoms with Gasteiger partial charge in [0.05, 0.1) is 12.7 Å². The third-order valence-corrected chi connectivity index (χ3v) is 7.92. The number of aliphatic hydroxyl groups is 1. The molecule has 0 heterocycles. The summed E-state index contributed by atoms with van der Waals surface area (Å²) in [6.07, 6.45) is 49.1. The topological polar surface area (TPSA) is 140 Å². The minimum absolute atomic E-state index is 0.110. The number of carbonyl (C=O) groups is 2. The SMILES string of the molecule is CCCCC/C=C\C/C=C\C/C=C\C/C=C\CCCC(=O)O[C@H](COC(=O)CCC/C=C\C/C=C\C/C=C\C/C=C\C=C\[C@@H](O)CC)COP(=O)(O)O. The van der Waals surface area contributed by atoms with Gasteiger partial charge in [-0.3, -0.25) is 14.1 Å². The van der Waals surface area contributed by atoms with E-state index in [1.54, 1.807) is 6.08 Å². The van der Waals surface area contributed by atoms with Crippen LogP contribution in [0.3, 0.4) is 0 Å². The lowest BCUT2D eigenvalue weighted by atomic mass is 10.2. The van der Waals surface area contributed by atoms with Gasteiger partial charge in [0.1, 0.15) is 6.61 Å². The third-order valence-electron chi connectivity index (χ3n) is 7.43. The first-order valence-electron chi connectivity index (χ1n) is 19.3. The van der Waals surface area contributed by atoms with E-state index in [4.69, 9.17) is 19.3 Å². The zero-order chi connectivity index (χ0) is 39.1. The summed E-state index contributed by atoms with van der Waals surface area (Å²) in [4.78, 5) is 42.7.